The number of methoxy groups -OCH3 is 1. The summed E-state index contributed by atoms with van der Waals surface area (Å²) in [6.45, 7) is 8.28. The Bertz CT molecular complexity index is 489. The van der Waals surface area contributed by atoms with E-state index >= 15 is 0 Å². The Morgan fingerprint density at radius 2 is 2.19 bits per heavy atom. The van der Waals surface area contributed by atoms with Gasteiger partial charge in [-0.05, 0) is 13.8 Å². The minimum absolute atomic E-state index is 0.0820. The van der Waals surface area contributed by atoms with Crippen molar-refractivity contribution >= 4 is 11.8 Å². The highest BCUT2D eigenvalue weighted by Gasteiger charge is 2.16. The zero-order valence-corrected chi connectivity index (χ0v) is 12.8. The number of hydrogen-bond acceptors (Lipinski definition) is 7. The molecular weight excluding hydrogens is 272 g/mol. The highest BCUT2D eigenvalue weighted by Crippen LogP contribution is 2.09. The maximum absolute atomic E-state index is 11.5. The molecule has 1 unspecified atom stereocenters. The van der Waals surface area contributed by atoms with Gasteiger partial charge in [-0.2, -0.15) is 0 Å². The molecule has 0 spiro atoms. The molecule has 0 aliphatic carbocycles. The Hall–Kier alpha value is -1.73. The lowest BCUT2D eigenvalue weighted by atomic mass is 10.2. The van der Waals surface area contributed by atoms with Gasteiger partial charge in [-0.15, -0.1) is 0 Å². The highest BCUT2D eigenvalue weighted by atomic mass is 16.5. The van der Waals surface area contributed by atoms with Crippen LogP contribution in [-0.4, -0.2) is 66.8 Å². The third-order valence-corrected chi connectivity index (χ3v) is 3.25. The van der Waals surface area contributed by atoms with E-state index in [1.54, 1.807) is 0 Å². The lowest BCUT2D eigenvalue weighted by molar-refractivity contribution is 0.0368. The van der Waals surface area contributed by atoms with Crippen molar-refractivity contribution in [3.8, 4) is 0 Å². The standard InChI is InChI=1S/C14H22N4O3/c1-10-8-12(17-13(16-10)14(19)20-3)15-11(2)9-18-4-6-21-7-5-18/h8,11H,4-7,9H2,1-3H3,(H,15,16,17). The molecule has 0 saturated carbocycles. The molecule has 21 heavy (non-hydrogen) atoms. The second-order valence-electron chi connectivity index (χ2n) is 5.17. The first-order chi connectivity index (χ1) is 10.1. The second-order valence-corrected chi connectivity index (χ2v) is 5.17. The molecule has 1 aliphatic rings. The lowest BCUT2D eigenvalue weighted by Crippen LogP contribution is -2.42. The Morgan fingerprint density at radius 1 is 1.48 bits per heavy atom. The summed E-state index contributed by atoms with van der Waals surface area (Å²) >= 11 is 0. The minimum atomic E-state index is -0.525. The average Bonchev–Trinajstić information content (AvgIpc) is 2.46. The molecule has 1 aliphatic heterocycles. The molecule has 7 nitrogen and oxygen atoms in total. The fourth-order valence-electron chi connectivity index (χ4n) is 2.29. The van der Waals surface area contributed by atoms with Crippen LogP contribution in [0.1, 0.15) is 23.2 Å². The summed E-state index contributed by atoms with van der Waals surface area (Å²) in [6, 6.07) is 2.03. The molecule has 0 aromatic carbocycles. The molecule has 0 amide bonds. The van der Waals surface area contributed by atoms with Crippen molar-refractivity contribution in [2.24, 2.45) is 0 Å². The van der Waals surface area contributed by atoms with Crippen LogP contribution in [-0.2, 0) is 9.47 Å². The SMILES string of the molecule is COC(=O)c1nc(C)cc(NC(C)CN2CCOCC2)n1. The molecule has 0 radical (unpaired) electrons. The quantitative estimate of drug-likeness (QED) is 0.801. The van der Waals surface area contributed by atoms with Gasteiger partial charge < -0.3 is 14.8 Å². The van der Waals surface area contributed by atoms with Crippen molar-refractivity contribution in [1.82, 2.24) is 14.9 Å². The van der Waals surface area contributed by atoms with Gasteiger partial charge in [-0.1, -0.05) is 0 Å². The van der Waals surface area contributed by atoms with Crippen molar-refractivity contribution < 1.29 is 14.3 Å². The van der Waals surface area contributed by atoms with E-state index in [-0.39, 0.29) is 11.9 Å². The molecular formula is C14H22N4O3. The van der Waals surface area contributed by atoms with Crippen LogP contribution in [0, 0.1) is 6.92 Å². The maximum Gasteiger partial charge on any atom is 0.376 e. The average molecular weight is 294 g/mol. The van der Waals surface area contributed by atoms with Crippen LogP contribution in [0.2, 0.25) is 0 Å². The van der Waals surface area contributed by atoms with Crippen LogP contribution >= 0.6 is 0 Å². The number of anilines is 1. The zero-order valence-electron chi connectivity index (χ0n) is 12.8. The van der Waals surface area contributed by atoms with Gasteiger partial charge in [0.1, 0.15) is 5.82 Å². The fourth-order valence-corrected chi connectivity index (χ4v) is 2.29. The third-order valence-electron chi connectivity index (χ3n) is 3.25. The van der Waals surface area contributed by atoms with Gasteiger partial charge in [-0.25, -0.2) is 14.8 Å². The molecule has 7 heteroatoms. The number of morpholine rings is 1. The third kappa shape index (κ3) is 4.64. The van der Waals surface area contributed by atoms with Crippen LogP contribution in [0.3, 0.4) is 0 Å². The molecule has 116 valence electrons. The van der Waals surface area contributed by atoms with Crippen molar-refractivity contribution in [3.05, 3.63) is 17.6 Å². The van der Waals surface area contributed by atoms with Gasteiger partial charge in [-0.3, -0.25) is 4.90 Å². The number of nitrogens with zero attached hydrogens (tertiary/aromatic N) is 3. The summed E-state index contributed by atoms with van der Waals surface area (Å²) in [7, 11) is 1.32. The summed E-state index contributed by atoms with van der Waals surface area (Å²) < 4.78 is 9.99. The van der Waals surface area contributed by atoms with Crippen molar-refractivity contribution in [2.75, 3.05) is 45.3 Å². The number of ether oxygens (including phenoxy) is 2. The van der Waals surface area contributed by atoms with E-state index in [2.05, 4.69) is 31.8 Å². The molecule has 2 rings (SSSR count). The Kier molecular flexibility index (Phi) is 5.46. The van der Waals surface area contributed by atoms with E-state index in [1.807, 2.05) is 13.0 Å². The molecule has 1 N–H and O–H groups in total. The van der Waals surface area contributed by atoms with Crippen LogP contribution in [0.25, 0.3) is 0 Å². The van der Waals surface area contributed by atoms with Crippen molar-refractivity contribution in [2.45, 2.75) is 19.9 Å². The van der Waals surface area contributed by atoms with Gasteiger partial charge in [0.15, 0.2) is 0 Å². The van der Waals surface area contributed by atoms with Gasteiger partial charge in [0.05, 0.1) is 20.3 Å². The number of nitrogens with one attached hydrogen (secondary N) is 1. The summed E-state index contributed by atoms with van der Waals surface area (Å²) in [5.41, 5.74) is 0.728. The number of carbonyl (C=O) groups is 1. The maximum atomic E-state index is 11.5. The van der Waals surface area contributed by atoms with E-state index in [4.69, 9.17) is 4.74 Å². The Morgan fingerprint density at radius 3 is 2.86 bits per heavy atom. The van der Waals surface area contributed by atoms with Crippen LogP contribution < -0.4 is 5.32 Å². The first-order valence-electron chi connectivity index (χ1n) is 7.09. The summed E-state index contributed by atoms with van der Waals surface area (Å²) in [6.07, 6.45) is 0. The normalized spacial score (nSPS) is 17.3. The summed E-state index contributed by atoms with van der Waals surface area (Å²) in [5, 5.41) is 3.31. The highest BCUT2D eigenvalue weighted by molar-refractivity contribution is 5.85. The number of aryl methyl sites for hydroxylation is 1. The topological polar surface area (TPSA) is 76.6 Å². The van der Waals surface area contributed by atoms with Crippen molar-refractivity contribution in [3.63, 3.8) is 0 Å². The molecule has 1 saturated heterocycles. The van der Waals surface area contributed by atoms with E-state index in [9.17, 15) is 4.79 Å². The van der Waals surface area contributed by atoms with Crippen LogP contribution in [0.4, 0.5) is 5.82 Å². The van der Waals surface area contributed by atoms with Gasteiger partial charge in [0.25, 0.3) is 0 Å². The van der Waals surface area contributed by atoms with Crippen molar-refractivity contribution in [1.29, 1.82) is 0 Å². The van der Waals surface area contributed by atoms with Gasteiger partial charge in [0, 0.05) is 37.4 Å². The largest absolute Gasteiger partial charge is 0.463 e. The van der Waals surface area contributed by atoms with E-state index < -0.39 is 5.97 Å². The predicted molar refractivity (Wildman–Crippen MR) is 78.5 cm³/mol. The molecule has 1 atom stereocenters. The number of aromatic nitrogens is 2. The smallest absolute Gasteiger partial charge is 0.376 e. The predicted octanol–water partition coefficient (Wildman–Crippen LogP) is 0.704. The Labute approximate surface area is 124 Å². The summed E-state index contributed by atoms with van der Waals surface area (Å²) in [4.78, 5) is 22.1. The van der Waals surface area contributed by atoms with E-state index in [0.717, 1.165) is 38.5 Å². The number of carbonyl (C=O) groups excluding carboxylic acids is 1. The molecule has 2 heterocycles. The second kappa shape index (κ2) is 7.33. The van der Waals surface area contributed by atoms with Crippen LogP contribution in [0.15, 0.2) is 6.07 Å². The Balaban J connectivity index is 1.97. The zero-order chi connectivity index (χ0) is 15.2. The number of rotatable bonds is 5. The number of esters is 1. The van der Waals surface area contributed by atoms with Crippen LogP contribution in [0.5, 0.6) is 0 Å². The monoisotopic (exact) mass is 294 g/mol. The molecule has 1 aromatic rings. The van der Waals surface area contributed by atoms with Gasteiger partial charge >= 0.3 is 5.97 Å². The van der Waals surface area contributed by atoms with Gasteiger partial charge in [0.2, 0.25) is 5.82 Å². The first-order valence-corrected chi connectivity index (χ1v) is 7.09. The van der Waals surface area contributed by atoms with E-state index in [1.165, 1.54) is 7.11 Å². The molecule has 0 bridgehead atoms. The van der Waals surface area contributed by atoms with E-state index in [0.29, 0.717) is 5.82 Å². The minimum Gasteiger partial charge on any atom is -0.463 e. The molecule has 1 fully saturated rings. The summed E-state index contributed by atoms with van der Waals surface area (Å²) in [5.74, 6) is 0.199. The fraction of sp³-hybridized carbons (Fsp3) is 0.643. The number of hydrogen-bond donors (Lipinski definition) is 1. The molecule has 1 aromatic heterocycles. The lowest BCUT2D eigenvalue weighted by Gasteiger charge is -2.29. The first kappa shape index (κ1) is 15.7.